The van der Waals surface area contributed by atoms with Crippen LogP contribution in [0.3, 0.4) is 0 Å². The molecule has 11 nitrogen and oxygen atoms in total. The predicted molar refractivity (Wildman–Crippen MR) is 233 cm³/mol. The van der Waals surface area contributed by atoms with E-state index in [-0.39, 0.29) is 61.4 Å². The molecule has 4 aromatic rings. The average Bonchev–Trinajstić information content (AvgIpc) is 3.48. The molecule has 2 saturated heterocycles. The SMILES string of the molecule is CCCC(=O)C[C@H]1CCCCCCC[C@H]2C[C@@]2(P(=O)(O)Cc2ccccc2)CC(=O)[C@@H]2C[C@@H](Oc3cc(-c4csc(NC(C)C)n4)nc4cc(OC)ccc34)CN2C1=O. The fraction of sp³-hybridized carbons (Fsp3) is 0.543. The number of fused-ring (bicyclic) bond motifs is 3. The molecule has 1 aliphatic carbocycles. The Labute approximate surface area is 352 Å². The number of pyridine rings is 1. The Balaban J connectivity index is 1.23. The maximum absolute atomic E-state index is 14.9. The second-order valence-electron chi connectivity index (χ2n) is 17.2. The number of hydrogen-bond donors (Lipinski definition) is 2. The molecule has 1 unspecified atom stereocenters. The summed E-state index contributed by atoms with van der Waals surface area (Å²) in [5.74, 6) is 0.250. The van der Waals surface area contributed by atoms with Gasteiger partial charge in [-0.15, -0.1) is 11.3 Å². The van der Waals surface area contributed by atoms with Crippen molar-refractivity contribution in [2.75, 3.05) is 19.0 Å². The number of nitrogens with one attached hydrogen (secondary N) is 1. The number of aromatic nitrogens is 2. The van der Waals surface area contributed by atoms with Gasteiger partial charge in [-0.1, -0.05) is 69.4 Å². The van der Waals surface area contributed by atoms with Crippen LogP contribution in [0.2, 0.25) is 0 Å². The standard InChI is InChI=1S/C46H59N4O7PS/c1-5-14-34(51)21-32-17-12-7-6-8-13-18-33-25-46(33,58(54,55)28-31-15-10-9-11-16-31)26-42(52)41-23-36(27-50(41)44(32)53)57-43-24-39(40-29-59-45(49-40)47-30(2)3)48-38-22-35(56-4)19-20-37(38)43/h9-11,15-16,19-20,22,24,29-30,32-33,36,41H,5-8,12-14,17-18,21,23,25-28H2,1-4H3,(H,47,49)(H,54,55)/t32-,33+,36-,41+,46-/m1/s1. The van der Waals surface area contributed by atoms with Gasteiger partial charge in [-0.25, -0.2) is 9.97 Å². The van der Waals surface area contributed by atoms with E-state index in [9.17, 15) is 23.8 Å². The molecule has 2 aromatic carbocycles. The molecule has 59 heavy (non-hydrogen) atoms. The molecule has 7 rings (SSSR count). The molecule has 1 saturated carbocycles. The fourth-order valence-corrected chi connectivity index (χ4v) is 12.8. The summed E-state index contributed by atoms with van der Waals surface area (Å²) in [5.41, 5.74) is 2.72. The summed E-state index contributed by atoms with van der Waals surface area (Å²) in [5, 5.41) is 5.80. The Morgan fingerprint density at radius 1 is 1.03 bits per heavy atom. The highest BCUT2D eigenvalue weighted by atomic mass is 32.1. The third-order valence-corrected chi connectivity index (χ3v) is 16.1. The van der Waals surface area contributed by atoms with Crippen LogP contribution in [0.15, 0.2) is 60.0 Å². The van der Waals surface area contributed by atoms with E-state index < -0.39 is 30.6 Å². The Hall–Kier alpha value is -4.12. The highest BCUT2D eigenvalue weighted by Crippen LogP contribution is 2.75. The number of rotatable bonds is 13. The Kier molecular flexibility index (Phi) is 13.6. The van der Waals surface area contributed by atoms with Crippen LogP contribution in [0.25, 0.3) is 22.3 Å². The number of hydrogen-bond acceptors (Lipinski definition) is 10. The van der Waals surface area contributed by atoms with E-state index in [1.807, 2.05) is 66.9 Å². The molecule has 3 aliphatic rings. The molecule has 3 fully saturated rings. The zero-order chi connectivity index (χ0) is 41.7. The number of ketones is 2. The summed E-state index contributed by atoms with van der Waals surface area (Å²) in [6.45, 7) is 6.23. The van der Waals surface area contributed by atoms with Gasteiger partial charge in [-0.3, -0.25) is 18.9 Å². The minimum Gasteiger partial charge on any atom is -0.497 e. The van der Waals surface area contributed by atoms with Crippen molar-refractivity contribution < 1.29 is 33.3 Å². The number of methoxy groups -OCH3 is 1. The van der Waals surface area contributed by atoms with Crippen LogP contribution in [0.4, 0.5) is 5.13 Å². The van der Waals surface area contributed by atoms with Crippen LogP contribution in [0.1, 0.15) is 110 Å². The van der Waals surface area contributed by atoms with Crippen molar-refractivity contribution in [3.8, 4) is 22.9 Å². The number of carbonyl (C=O) groups excluding carboxylic acids is 3. The van der Waals surface area contributed by atoms with Crippen LogP contribution < -0.4 is 14.8 Å². The first-order valence-corrected chi connectivity index (χ1v) is 24.2. The van der Waals surface area contributed by atoms with Gasteiger partial charge in [0, 0.05) is 60.5 Å². The van der Waals surface area contributed by atoms with E-state index >= 15 is 0 Å². The van der Waals surface area contributed by atoms with Gasteiger partial charge in [-0.05, 0) is 63.1 Å². The number of ether oxygens (including phenoxy) is 2. The van der Waals surface area contributed by atoms with Crippen LogP contribution >= 0.6 is 18.7 Å². The number of nitrogens with zero attached hydrogens (tertiary/aromatic N) is 3. The third kappa shape index (κ3) is 9.92. The Morgan fingerprint density at radius 3 is 2.54 bits per heavy atom. The third-order valence-electron chi connectivity index (χ3n) is 12.4. The molecule has 13 heteroatoms. The first kappa shape index (κ1) is 43.0. The molecule has 316 valence electrons. The molecule has 0 spiro atoms. The number of carbonyl (C=O) groups is 3. The highest BCUT2D eigenvalue weighted by molar-refractivity contribution is 7.59. The van der Waals surface area contributed by atoms with Crippen LogP contribution in [0, 0.1) is 11.8 Å². The lowest BCUT2D eigenvalue weighted by Gasteiger charge is -2.30. The van der Waals surface area contributed by atoms with E-state index in [2.05, 4.69) is 19.2 Å². The second-order valence-corrected chi connectivity index (χ2v) is 20.7. The van der Waals surface area contributed by atoms with E-state index in [0.717, 1.165) is 54.6 Å². The average molecular weight is 843 g/mol. The minimum atomic E-state index is -3.86. The second kappa shape index (κ2) is 18.7. The molecule has 4 heterocycles. The van der Waals surface area contributed by atoms with Crippen molar-refractivity contribution in [3.05, 3.63) is 65.5 Å². The largest absolute Gasteiger partial charge is 0.497 e. The molecular weight excluding hydrogens is 784 g/mol. The van der Waals surface area contributed by atoms with Crippen LogP contribution in [-0.4, -0.2) is 74.2 Å². The van der Waals surface area contributed by atoms with Crippen LogP contribution in [-0.2, 0) is 25.1 Å². The van der Waals surface area contributed by atoms with Crippen molar-refractivity contribution in [2.24, 2.45) is 11.8 Å². The summed E-state index contributed by atoms with van der Waals surface area (Å²) in [7, 11) is -2.26. The van der Waals surface area contributed by atoms with Crippen molar-refractivity contribution in [3.63, 3.8) is 0 Å². The monoisotopic (exact) mass is 842 g/mol. The number of benzene rings is 2. The predicted octanol–water partition coefficient (Wildman–Crippen LogP) is 9.84. The highest BCUT2D eigenvalue weighted by Gasteiger charge is 2.65. The van der Waals surface area contributed by atoms with Gasteiger partial charge in [0.15, 0.2) is 10.9 Å². The van der Waals surface area contributed by atoms with E-state index in [1.165, 1.54) is 11.3 Å². The zero-order valence-electron chi connectivity index (χ0n) is 34.9. The molecule has 0 radical (unpaired) electrons. The Morgan fingerprint density at radius 2 is 1.80 bits per heavy atom. The molecule has 2 aliphatic heterocycles. The first-order chi connectivity index (χ1) is 28.4. The number of thiazole rings is 1. The van der Waals surface area contributed by atoms with Gasteiger partial charge in [0.2, 0.25) is 13.3 Å². The zero-order valence-corrected chi connectivity index (χ0v) is 36.6. The smallest absolute Gasteiger partial charge is 0.226 e. The summed E-state index contributed by atoms with van der Waals surface area (Å²) in [4.78, 5) is 66.1. The molecule has 0 bridgehead atoms. The van der Waals surface area contributed by atoms with Crippen molar-refractivity contribution in [2.45, 2.75) is 134 Å². The lowest BCUT2D eigenvalue weighted by Crippen LogP contribution is -2.45. The number of anilines is 1. The van der Waals surface area contributed by atoms with Gasteiger partial charge in [-0.2, -0.15) is 0 Å². The van der Waals surface area contributed by atoms with Crippen LogP contribution in [0.5, 0.6) is 11.5 Å². The van der Waals surface area contributed by atoms with E-state index in [0.29, 0.717) is 54.1 Å². The molecule has 2 N–H and O–H groups in total. The maximum atomic E-state index is 14.9. The van der Waals surface area contributed by atoms with Crippen molar-refractivity contribution in [1.82, 2.24) is 14.9 Å². The molecule has 6 atom stereocenters. The lowest BCUT2D eigenvalue weighted by atomic mass is 9.92. The molecule has 1 amide bonds. The molecule has 2 aromatic heterocycles. The summed E-state index contributed by atoms with van der Waals surface area (Å²) in [6.07, 6.45) is 7.44. The van der Waals surface area contributed by atoms with Gasteiger partial charge in [0.25, 0.3) is 0 Å². The Bertz CT molecular complexity index is 2180. The minimum absolute atomic E-state index is 0.00846. The fourth-order valence-electron chi connectivity index (χ4n) is 9.28. The summed E-state index contributed by atoms with van der Waals surface area (Å²) < 4.78 is 27.0. The van der Waals surface area contributed by atoms with Gasteiger partial charge >= 0.3 is 0 Å². The van der Waals surface area contributed by atoms with Crippen molar-refractivity contribution >= 4 is 52.2 Å². The maximum Gasteiger partial charge on any atom is 0.226 e. The topological polar surface area (TPSA) is 148 Å². The number of Topliss-reactive ketones (excluding diaryl/α,β-unsaturated/α-hetero) is 2. The van der Waals surface area contributed by atoms with E-state index in [1.54, 1.807) is 12.0 Å². The van der Waals surface area contributed by atoms with E-state index in [4.69, 9.17) is 19.4 Å². The lowest BCUT2D eigenvalue weighted by molar-refractivity contribution is -0.142. The van der Waals surface area contributed by atoms with Gasteiger partial charge in [0.05, 0.1) is 42.2 Å². The first-order valence-electron chi connectivity index (χ1n) is 21.5. The summed E-state index contributed by atoms with van der Waals surface area (Å²) in [6, 6.07) is 16.2. The normalized spacial score (nSPS) is 25.1. The van der Waals surface area contributed by atoms with Gasteiger partial charge in [0.1, 0.15) is 29.1 Å². The quantitative estimate of drug-likeness (QED) is 0.125. The number of amides is 1. The summed E-state index contributed by atoms with van der Waals surface area (Å²) >= 11 is 1.49. The van der Waals surface area contributed by atoms with Crippen molar-refractivity contribution in [1.29, 1.82) is 0 Å². The molecular formula is C46H59N4O7PS. The van der Waals surface area contributed by atoms with Gasteiger partial charge < -0.3 is 24.6 Å².